The molecule has 0 aliphatic rings. The Labute approximate surface area is 101 Å². The molecule has 0 N–H and O–H groups in total. The van der Waals surface area contributed by atoms with Gasteiger partial charge in [0.05, 0.1) is 0 Å². The number of hydrogen-bond acceptors (Lipinski definition) is 1. The zero-order valence-electron chi connectivity index (χ0n) is 9.75. The largest absolute Gasteiger partial charge is 0.335 e. The van der Waals surface area contributed by atoms with Crippen molar-refractivity contribution in [3.05, 3.63) is 18.2 Å². The lowest BCUT2D eigenvalue weighted by atomic mass is 10.1. The third-order valence-corrected chi connectivity index (χ3v) is 3.20. The molecule has 0 radical (unpaired) electrons. The van der Waals surface area contributed by atoms with Gasteiger partial charge in [0.25, 0.3) is 0 Å². The van der Waals surface area contributed by atoms with Crippen molar-refractivity contribution in [1.82, 2.24) is 9.55 Å². The molecule has 0 saturated carbocycles. The number of aromatic nitrogens is 2. The van der Waals surface area contributed by atoms with Gasteiger partial charge >= 0.3 is 0 Å². The van der Waals surface area contributed by atoms with Crippen LogP contribution in [0.5, 0.6) is 0 Å². The molecule has 1 unspecified atom stereocenters. The van der Waals surface area contributed by atoms with Gasteiger partial charge in [0, 0.05) is 30.7 Å². The monoisotopic (exact) mass is 272 g/mol. The lowest BCUT2D eigenvalue weighted by molar-refractivity contribution is 0.464. The quantitative estimate of drug-likeness (QED) is 0.693. The maximum absolute atomic E-state index is 4.38. The zero-order valence-corrected chi connectivity index (χ0v) is 11.3. The van der Waals surface area contributed by atoms with E-state index in [0.717, 1.165) is 24.2 Å². The minimum absolute atomic E-state index is 0.793. The smallest absolute Gasteiger partial charge is 0.108 e. The Balaban J connectivity index is 2.39. The van der Waals surface area contributed by atoms with Crippen molar-refractivity contribution < 1.29 is 0 Å². The Kier molecular flexibility index (Phi) is 5.99. The van der Waals surface area contributed by atoms with E-state index in [0.29, 0.717) is 0 Å². The van der Waals surface area contributed by atoms with Gasteiger partial charge in [-0.3, -0.25) is 0 Å². The van der Waals surface area contributed by atoms with E-state index >= 15 is 0 Å². The molecular formula is C12H21BrN2. The first-order chi connectivity index (χ1) is 7.27. The molecular weight excluding hydrogens is 252 g/mol. The Morgan fingerprint density at radius 1 is 1.47 bits per heavy atom. The van der Waals surface area contributed by atoms with Gasteiger partial charge in [-0.25, -0.2) is 4.98 Å². The van der Waals surface area contributed by atoms with E-state index in [9.17, 15) is 0 Å². The minimum Gasteiger partial charge on any atom is -0.335 e. The molecule has 1 atom stereocenters. The lowest BCUT2D eigenvalue weighted by Crippen LogP contribution is -2.07. The summed E-state index contributed by atoms with van der Waals surface area (Å²) >= 11 is 3.49. The standard InChI is InChI=1S/C12H21BrN2/c1-3-4-12-14-8-10-15(12)9-6-11(2)5-7-13/h8,10-11H,3-7,9H2,1-2H3. The summed E-state index contributed by atoms with van der Waals surface area (Å²) in [6.07, 6.45) is 8.80. The molecule has 0 amide bonds. The van der Waals surface area contributed by atoms with Crippen molar-refractivity contribution >= 4 is 15.9 Å². The molecule has 1 aromatic heterocycles. The van der Waals surface area contributed by atoms with Crippen LogP contribution in [-0.2, 0) is 13.0 Å². The van der Waals surface area contributed by atoms with Crippen LogP contribution in [0.4, 0.5) is 0 Å². The fourth-order valence-corrected chi connectivity index (χ4v) is 2.47. The predicted molar refractivity (Wildman–Crippen MR) is 68.4 cm³/mol. The molecule has 1 aromatic rings. The first-order valence-corrected chi connectivity index (χ1v) is 6.96. The van der Waals surface area contributed by atoms with Crippen LogP contribution in [0.2, 0.25) is 0 Å². The first kappa shape index (κ1) is 12.8. The number of alkyl halides is 1. The average molecular weight is 273 g/mol. The zero-order chi connectivity index (χ0) is 11.1. The number of halogens is 1. The highest BCUT2D eigenvalue weighted by molar-refractivity contribution is 9.09. The fraction of sp³-hybridized carbons (Fsp3) is 0.750. The minimum atomic E-state index is 0.793. The van der Waals surface area contributed by atoms with Crippen LogP contribution in [0.3, 0.4) is 0 Å². The van der Waals surface area contributed by atoms with Crippen molar-refractivity contribution in [1.29, 1.82) is 0 Å². The average Bonchev–Trinajstić information content (AvgIpc) is 2.64. The van der Waals surface area contributed by atoms with E-state index in [4.69, 9.17) is 0 Å². The number of imidazole rings is 1. The molecule has 3 heteroatoms. The van der Waals surface area contributed by atoms with E-state index in [1.807, 2.05) is 6.20 Å². The van der Waals surface area contributed by atoms with Crippen molar-refractivity contribution in [2.45, 2.75) is 46.1 Å². The summed E-state index contributed by atoms with van der Waals surface area (Å²) in [5.41, 5.74) is 0. The van der Waals surface area contributed by atoms with Crippen molar-refractivity contribution in [2.75, 3.05) is 5.33 Å². The van der Waals surface area contributed by atoms with Gasteiger partial charge in [-0.05, 0) is 25.2 Å². The molecule has 1 rings (SSSR count). The second kappa shape index (κ2) is 7.04. The van der Waals surface area contributed by atoms with Crippen LogP contribution in [0, 0.1) is 5.92 Å². The highest BCUT2D eigenvalue weighted by atomic mass is 79.9. The number of hydrogen-bond donors (Lipinski definition) is 0. The topological polar surface area (TPSA) is 17.8 Å². The number of rotatable bonds is 7. The van der Waals surface area contributed by atoms with Crippen molar-refractivity contribution in [3.8, 4) is 0 Å². The summed E-state index contributed by atoms with van der Waals surface area (Å²) < 4.78 is 2.30. The lowest BCUT2D eigenvalue weighted by Gasteiger charge is -2.11. The Hall–Kier alpha value is -0.310. The molecule has 15 heavy (non-hydrogen) atoms. The van der Waals surface area contributed by atoms with Crippen LogP contribution < -0.4 is 0 Å². The summed E-state index contributed by atoms with van der Waals surface area (Å²) in [6.45, 7) is 5.63. The molecule has 0 saturated heterocycles. The predicted octanol–water partition coefficient (Wildman–Crippen LogP) is 3.65. The summed E-state index contributed by atoms with van der Waals surface area (Å²) in [7, 11) is 0. The van der Waals surface area contributed by atoms with Crippen molar-refractivity contribution in [3.63, 3.8) is 0 Å². The van der Waals surface area contributed by atoms with Gasteiger partial charge in [0.1, 0.15) is 5.82 Å². The van der Waals surface area contributed by atoms with Gasteiger partial charge in [0.15, 0.2) is 0 Å². The highest BCUT2D eigenvalue weighted by Crippen LogP contribution is 2.12. The van der Waals surface area contributed by atoms with E-state index in [-0.39, 0.29) is 0 Å². The Morgan fingerprint density at radius 2 is 2.27 bits per heavy atom. The van der Waals surface area contributed by atoms with Crippen LogP contribution in [-0.4, -0.2) is 14.9 Å². The molecule has 86 valence electrons. The van der Waals surface area contributed by atoms with E-state index in [1.165, 1.54) is 25.1 Å². The molecule has 1 heterocycles. The third kappa shape index (κ3) is 4.37. The van der Waals surface area contributed by atoms with Crippen LogP contribution in [0.25, 0.3) is 0 Å². The third-order valence-electron chi connectivity index (χ3n) is 2.74. The maximum Gasteiger partial charge on any atom is 0.108 e. The first-order valence-electron chi connectivity index (χ1n) is 5.83. The second-order valence-electron chi connectivity index (χ2n) is 4.16. The fourth-order valence-electron chi connectivity index (χ4n) is 1.69. The number of aryl methyl sites for hydroxylation is 2. The molecule has 0 aliphatic carbocycles. The van der Waals surface area contributed by atoms with E-state index in [1.54, 1.807) is 0 Å². The molecule has 0 aromatic carbocycles. The molecule has 0 bridgehead atoms. The van der Waals surface area contributed by atoms with E-state index < -0.39 is 0 Å². The van der Waals surface area contributed by atoms with Crippen LogP contribution in [0.15, 0.2) is 12.4 Å². The maximum atomic E-state index is 4.38. The summed E-state index contributed by atoms with van der Waals surface area (Å²) in [4.78, 5) is 4.38. The normalized spacial score (nSPS) is 13.0. The van der Waals surface area contributed by atoms with Gasteiger partial charge < -0.3 is 4.57 Å². The van der Waals surface area contributed by atoms with E-state index in [2.05, 4.69) is 45.5 Å². The Morgan fingerprint density at radius 3 is 2.93 bits per heavy atom. The van der Waals surface area contributed by atoms with Gasteiger partial charge in [-0.1, -0.05) is 29.8 Å². The Bertz CT molecular complexity index is 270. The van der Waals surface area contributed by atoms with Gasteiger partial charge in [-0.15, -0.1) is 0 Å². The number of nitrogens with zero attached hydrogens (tertiary/aromatic N) is 2. The van der Waals surface area contributed by atoms with Gasteiger partial charge in [0.2, 0.25) is 0 Å². The molecule has 0 spiro atoms. The summed E-state index contributed by atoms with van der Waals surface area (Å²) in [5, 5.41) is 1.11. The van der Waals surface area contributed by atoms with Crippen LogP contribution >= 0.6 is 15.9 Å². The van der Waals surface area contributed by atoms with Gasteiger partial charge in [-0.2, -0.15) is 0 Å². The second-order valence-corrected chi connectivity index (χ2v) is 4.95. The molecule has 0 aliphatic heterocycles. The summed E-state index contributed by atoms with van der Waals surface area (Å²) in [6, 6.07) is 0. The molecule has 0 fully saturated rings. The SMILES string of the molecule is CCCc1nccn1CCC(C)CCBr. The molecule has 2 nitrogen and oxygen atoms in total. The van der Waals surface area contributed by atoms with Crippen LogP contribution in [0.1, 0.15) is 38.9 Å². The summed E-state index contributed by atoms with van der Waals surface area (Å²) in [5.74, 6) is 2.03. The van der Waals surface area contributed by atoms with Crippen molar-refractivity contribution in [2.24, 2.45) is 5.92 Å². The highest BCUT2D eigenvalue weighted by Gasteiger charge is 2.04.